The Bertz CT molecular complexity index is 1220. The Morgan fingerprint density at radius 1 is 0.333 bits per heavy atom. The maximum Gasteiger partial charge on any atom is 0.305 e. The minimum atomic E-state index is -0.844. The van der Waals surface area contributed by atoms with Crippen LogP contribution < -0.4 is 5.32 Å². The van der Waals surface area contributed by atoms with Gasteiger partial charge in [-0.25, -0.2) is 0 Å². The number of amides is 1. The van der Waals surface area contributed by atoms with Gasteiger partial charge in [0.2, 0.25) is 5.91 Å². The van der Waals surface area contributed by atoms with Crippen molar-refractivity contribution in [3.8, 4) is 0 Å². The molecule has 0 fully saturated rings. The number of rotatable bonds is 71. The van der Waals surface area contributed by atoms with Crippen LogP contribution in [0, 0.1) is 0 Å². The molecule has 2 unspecified atom stereocenters. The summed E-state index contributed by atoms with van der Waals surface area (Å²) in [6.07, 6.45) is 88.8. The first-order valence-corrected chi connectivity index (χ1v) is 37.5. The molecule has 6 nitrogen and oxygen atoms in total. The van der Waals surface area contributed by atoms with Crippen LogP contribution in [0.5, 0.6) is 0 Å². The highest BCUT2D eigenvalue weighted by Crippen LogP contribution is 2.20. The second kappa shape index (κ2) is 71.1. The van der Waals surface area contributed by atoms with E-state index in [1.807, 2.05) is 6.08 Å². The van der Waals surface area contributed by atoms with Crippen molar-refractivity contribution in [1.82, 2.24) is 5.32 Å². The van der Waals surface area contributed by atoms with E-state index in [9.17, 15) is 19.8 Å². The number of hydrogen-bond donors (Lipinski definition) is 3. The molecule has 0 aromatic rings. The quantitative estimate of drug-likeness (QED) is 0.0320. The predicted molar refractivity (Wildman–Crippen MR) is 357 cm³/mol. The zero-order valence-electron chi connectivity index (χ0n) is 55.3. The van der Waals surface area contributed by atoms with Crippen molar-refractivity contribution < 1.29 is 24.5 Å². The standard InChI is InChI=1S/C75H147NO5/c1-3-5-7-9-11-13-15-17-18-19-20-21-22-25-28-31-34-37-40-44-47-51-55-59-63-67-73(78)72(71-77)76-74(79)68-64-60-56-52-48-45-41-38-35-32-29-26-23-24-27-30-33-36-39-42-46-50-54-58-62-66-70-81-75(80)69-65-61-57-53-49-43-16-14-12-10-8-6-4-2/h63,67,72-73,77-78H,3-62,64-66,68-71H2,1-2H3,(H,76,79)/b67-63+. The number of carbonyl (C=O) groups is 2. The van der Waals surface area contributed by atoms with Crippen LogP contribution in [0.4, 0.5) is 0 Å². The van der Waals surface area contributed by atoms with Crippen molar-refractivity contribution in [2.45, 2.75) is 443 Å². The SMILES string of the molecule is CCCCCCCCCCCCCCCCCCCCCCCCC/C=C/C(O)C(CO)NC(=O)CCCCCCCCCCCCCCCCCCCCCCCCCCCCOC(=O)CCCCCCCCCCCCCCC. The second-order valence-electron chi connectivity index (χ2n) is 26.0. The normalized spacial score (nSPS) is 12.5. The lowest BCUT2D eigenvalue weighted by Crippen LogP contribution is -2.45. The molecule has 0 bridgehead atoms. The maximum absolute atomic E-state index is 12.5. The molecular weight excluding hydrogens is 995 g/mol. The van der Waals surface area contributed by atoms with Crippen LogP contribution in [0.2, 0.25) is 0 Å². The molecule has 0 radical (unpaired) electrons. The summed E-state index contributed by atoms with van der Waals surface area (Å²) in [4.78, 5) is 24.6. The summed E-state index contributed by atoms with van der Waals surface area (Å²) >= 11 is 0. The van der Waals surface area contributed by atoms with Crippen molar-refractivity contribution >= 4 is 11.9 Å². The maximum atomic E-state index is 12.5. The lowest BCUT2D eigenvalue weighted by molar-refractivity contribution is -0.143. The fraction of sp³-hybridized carbons (Fsp3) is 0.947. The van der Waals surface area contributed by atoms with Crippen LogP contribution in [0.1, 0.15) is 431 Å². The zero-order valence-corrected chi connectivity index (χ0v) is 55.3. The fourth-order valence-corrected chi connectivity index (χ4v) is 12.1. The molecule has 0 saturated heterocycles. The van der Waals surface area contributed by atoms with Gasteiger partial charge in [0, 0.05) is 12.8 Å². The van der Waals surface area contributed by atoms with Gasteiger partial charge in [-0.2, -0.15) is 0 Å². The minimum Gasteiger partial charge on any atom is -0.466 e. The lowest BCUT2D eigenvalue weighted by Gasteiger charge is -2.20. The third kappa shape index (κ3) is 67.6. The lowest BCUT2D eigenvalue weighted by atomic mass is 10.0. The molecule has 0 heterocycles. The highest BCUT2D eigenvalue weighted by molar-refractivity contribution is 5.76. The van der Waals surface area contributed by atoms with Crippen LogP contribution in [0.15, 0.2) is 12.2 Å². The third-order valence-corrected chi connectivity index (χ3v) is 17.8. The van der Waals surface area contributed by atoms with Gasteiger partial charge in [0.25, 0.3) is 0 Å². The summed E-state index contributed by atoms with van der Waals surface area (Å²) in [5.41, 5.74) is 0. The van der Waals surface area contributed by atoms with Crippen LogP contribution in [-0.4, -0.2) is 47.4 Å². The van der Waals surface area contributed by atoms with E-state index >= 15 is 0 Å². The van der Waals surface area contributed by atoms with Crippen LogP contribution in [0.3, 0.4) is 0 Å². The summed E-state index contributed by atoms with van der Waals surface area (Å²) in [5, 5.41) is 23.3. The molecule has 482 valence electrons. The number of nitrogens with one attached hydrogen (secondary N) is 1. The van der Waals surface area contributed by atoms with Gasteiger partial charge in [-0.1, -0.05) is 398 Å². The van der Waals surface area contributed by atoms with Crippen molar-refractivity contribution in [2.75, 3.05) is 13.2 Å². The van der Waals surface area contributed by atoms with E-state index in [0.717, 1.165) is 38.5 Å². The minimum absolute atomic E-state index is 0.0196. The third-order valence-electron chi connectivity index (χ3n) is 17.8. The first kappa shape index (κ1) is 79.6. The Hall–Kier alpha value is -1.40. The van der Waals surface area contributed by atoms with Crippen molar-refractivity contribution in [2.24, 2.45) is 0 Å². The van der Waals surface area contributed by atoms with Crippen LogP contribution in [0.25, 0.3) is 0 Å². The molecule has 0 spiro atoms. The van der Waals surface area contributed by atoms with Gasteiger partial charge < -0.3 is 20.3 Å². The molecule has 0 aromatic heterocycles. The second-order valence-corrected chi connectivity index (χ2v) is 26.0. The smallest absolute Gasteiger partial charge is 0.305 e. The van der Waals surface area contributed by atoms with Gasteiger partial charge in [-0.05, 0) is 32.1 Å². The topological polar surface area (TPSA) is 95.9 Å². The summed E-state index contributed by atoms with van der Waals surface area (Å²) in [6, 6.07) is -0.627. The van der Waals surface area contributed by atoms with Gasteiger partial charge >= 0.3 is 5.97 Å². The van der Waals surface area contributed by atoms with E-state index in [-0.39, 0.29) is 18.5 Å². The van der Waals surface area contributed by atoms with Gasteiger partial charge in [0.1, 0.15) is 0 Å². The number of hydrogen-bond acceptors (Lipinski definition) is 5. The number of carbonyl (C=O) groups excluding carboxylic acids is 2. The highest BCUT2D eigenvalue weighted by atomic mass is 16.5. The number of allylic oxidation sites excluding steroid dienone is 1. The predicted octanol–water partition coefficient (Wildman–Crippen LogP) is 24.3. The van der Waals surface area contributed by atoms with Gasteiger partial charge in [0.15, 0.2) is 0 Å². The average Bonchev–Trinajstić information content (AvgIpc) is 3.47. The first-order valence-electron chi connectivity index (χ1n) is 37.5. The van der Waals surface area contributed by atoms with Gasteiger partial charge in [0.05, 0.1) is 25.4 Å². The van der Waals surface area contributed by atoms with E-state index in [1.54, 1.807) is 6.08 Å². The number of esters is 1. The number of unbranched alkanes of at least 4 members (excludes halogenated alkanes) is 60. The zero-order chi connectivity index (χ0) is 58.5. The Morgan fingerprint density at radius 3 is 0.840 bits per heavy atom. The monoisotopic (exact) mass is 1140 g/mol. The summed E-state index contributed by atoms with van der Waals surface area (Å²) in [6.45, 7) is 4.96. The molecule has 2 atom stereocenters. The highest BCUT2D eigenvalue weighted by Gasteiger charge is 2.18. The summed E-state index contributed by atoms with van der Waals surface area (Å²) in [5.74, 6) is -0.0405. The summed E-state index contributed by atoms with van der Waals surface area (Å²) in [7, 11) is 0. The molecule has 0 rings (SSSR count). The van der Waals surface area contributed by atoms with E-state index in [4.69, 9.17) is 4.74 Å². The van der Waals surface area contributed by atoms with E-state index < -0.39 is 12.1 Å². The van der Waals surface area contributed by atoms with Crippen molar-refractivity contribution in [3.05, 3.63) is 12.2 Å². The van der Waals surface area contributed by atoms with Gasteiger partial charge in [-0.3, -0.25) is 9.59 Å². The Balaban J connectivity index is 3.38. The van der Waals surface area contributed by atoms with Crippen LogP contribution >= 0.6 is 0 Å². The molecule has 0 aliphatic heterocycles. The molecule has 1 amide bonds. The molecule has 0 aromatic carbocycles. The Morgan fingerprint density at radius 2 is 0.568 bits per heavy atom. The van der Waals surface area contributed by atoms with Crippen molar-refractivity contribution in [3.63, 3.8) is 0 Å². The molecule has 3 N–H and O–H groups in total. The summed E-state index contributed by atoms with van der Waals surface area (Å²) < 4.78 is 5.49. The van der Waals surface area contributed by atoms with E-state index in [1.165, 1.54) is 366 Å². The number of aliphatic hydroxyl groups is 2. The average molecular weight is 1140 g/mol. The fourth-order valence-electron chi connectivity index (χ4n) is 12.1. The molecule has 0 aliphatic rings. The molecule has 6 heteroatoms. The molecular formula is C75H147NO5. The van der Waals surface area contributed by atoms with E-state index in [0.29, 0.717) is 19.4 Å². The van der Waals surface area contributed by atoms with Crippen molar-refractivity contribution in [1.29, 1.82) is 0 Å². The first-order chi connectivity index (χ1) is 40.0. The number of aliphatic hydroxyl groups excluding tert-OH is 2. The molecule has 0 aliphatic carbocycles. The van der Waals surface area contributed by atoms with E-state index in [2.05, 4.69) is 19.2 Å². The largest absolute Gasteiger partial charge is 0.466 e. The number of ether oxygens (including phenoxy) is 1. The molecule has 0 saturated carbocycles. The molecule has 81 heavy (non-hydrogen) atoms. The van der Waals surface area contributed by atoms with Gasteiger partial charge in [-0.15, -0.1) is 0 Å². The Labute approximate surface area is 508 Å². The Kier molecular flexibility index (Phi) is 69.9. The van der Waals surface area contributed by atoms with Crippen LogP contribution in [-0.2, 0) is 14.3 Å².